The van der Waals surface area contributed by atoms with Crippen molar-refractivity contribution >= 4 is 0 Å². The van der Waals surface area contributed by atoms with Crippen LogP contribution in [-0.4, -0.2) is 4.98 Å². The van der Waals surface area contributed by atoms with Crippen LogP contribution in [0.5, 0.6) is 0 Å². The first kappa shape index (κ1) is 9.24. The molecule has 0 amide bonds. The van der Waals surface area contributed by atoms with Gasteiger partial charge < -0.3 is 0 Å². The molecule has 0 spiro atoms. The summed E-state index contributed by atoms with van der Waals surface area (Å²) < 4.78 is 0. The van der Waals surface area contributed by atoms with Crippen LogP contribution in [0.2, 0.25) is 0 Å². The standard InChI is InChI=1S/C11H17N/c1-8-6-10(11(3,4)5)9(2)12-7-8/h6-7H,1-5H3. The van der Waals surface area contributed by atoms with E-state index in [4.69, 9.17) is 0 Å². The zero-order valence-electron chi connectivity index (χ0n) is 8.60. The molecule has 0 radical (unpaired) electrons. The first-order valence-electron chi connectivity index (χ1n) is 4.35. The summed E-state index contributed by atoms with van der Waals surface area (Å²) in [5.74, 6) is 0. The lowest BCUT2D eigenvalue weighted by atomic mass is 9.85. The topological polar surface area (TPSA) is 12.9 Å². The predicted octanol–water partition coefficient (Wildman–Crippen LogP) is 3.00. The van der Waals surface area contributed by atoms with Gasteiger partial charge >= 0.3 is 0 Å². The minimum Gasteiger partial charge on any atom is -0.261 e. The molecule has 1 nitrogen and oxygen atoms in total. The highest BCUT2D eigenvalue weighted by Crippen LogP contribution is 2.24. The first-order chi connectivity index (χ1) is 5.41. The summed E-state index contributed by atoms with van der Waals surface area (Å²) in [6.45, 7) is 10.8. The van der Waals surface area contributed by atoms with E-state index in [1.165, 1.54) is 11.1 Å². The van der Waals surface area contributed by atoms with Gasteiger partial charge in [0.05, 0.1) is 0 Å². The van der Waals surface area contributed by atoms with E-state index in [9.17, 15) is 0 Å². The normalized spacial score (nSPS) is 11.8. The van der Waals surface area contributed by atoms with Gasteiger partial charge in [-0.15, -0.1) is 0 Å². The second-order valence-electron chi connectivity index (χ2n) is 4.40. The minimum absolute atomic E-state index is 0.211. The average Bonchev–Trinajstić information content (AvgIpc) is 1.92. The second kappa shape index (κ2) is 2.89. The smallest absolute Gasteiger partial charge is 0.0410 e. The molecule has 66 valence electrons. The van der Waals surface area contributed by atoms with Crippen molar-refractivity contribution in [3.8, 4) is 0 Å². The van der Waals surface area contributed by atoms with Gasteiger partial charge in [0, 0.05) is 11.9 Å². The number of rotatable bonds is 0. The molecule has 0 saturated carbocycles. The molecule has 0 N–H and O–H groups in total. The summed E-state index contributed by atoms with van der Waals surface area (Å²) in [5.41, 5.74) is 3.95. The summed E-state index contributed by atoms with van der Waals surface area (Å²) in [7, 11) is 0. The highest BCUT2D eigenvalue weighted by atomic mass is 14.7. The van der Waals surface area contributed by atoms with Crippen molar-refractivity contribution in [1.29, 1.82) is 0 Å². The molecule has 0 saturated heterocycles. The number of nitrogens with zero attached hydrogens (tertiary/aromatic N) is 1. The lowest BCUT2D eigenvalue weighted by Crippen LogP contribution is -2.14. The molecule has 0 unspecified atom stereocenters. The van der Waals surface area contributed by atoms with E-state index in [1.54, 1.807) is 0 Å². The maximum atomic E-state index is 4.35. The van der Waals surface area contributed by atoms with Crippen LogP contribution in [0, 0.1) is 13.8 Å². The van der Waals surface area contributed by atoms with Gasteiger partial charge in [-0.1, -0.05) is 26.8 Å². The number of hydrogen-bond donors (Lipinski definition) is 0. The van der Waals surface area contributed by atoms with Gasteiger partial charge in [-0.25, -0.2) is 0 Å². The lowest BCUT2D eigenvalue weighted by Gasteiger charge is -2.21. The van der Waals surface area contributed by atoms with Crippen LogP contribution < -0.4 is 0 Å². The molecule has 0 aliphatic carbocycles. The fraction of sp³-hybridized carbons (Fsp3) is 0.545. The zero-order valence-corrected chi connectivity index (χ0v) is 8.60. The average molecular weight is 163 g/mol. The van der Waals surface area contributed by atoms with E-state index in [2.05, 4.69) is 45.7 Å². The Morgan fingerprint density at radius 3 is 2.17 bits per heavy atom. The van der Waals surface area contributed by atoms with Crippen LogP contribution >= 0.6 is 0 Å². The number of hydrogen-bond acceptors (Lipinski definition) is 1. The van der Waals surface area contributed by atoms with Crippen molar-refractivity contribution in [2.24, 2.45) is 0 Å². The molecular weight excluding hydrogens is 146 g/mol. The molecule has 0 aliphatic heterocycles. The Morgan fingerprint density at radius 2 is 1.75 bits per heavy atom. The predicted molar refractivity (Wildman–Crippen MR) is 52.4 cm³/mol. The third-order valence-electron chi connectivity index (χ3n) is 2.03. The Morgan fingerprint density at radius 1 is 1.17 bits per heavy atom. The van der Waals surface area contributed by atoms with Crippen molar-refractivity contribution in [2.45, 2.75) is 40.0 Å². The monoisotopic (exact) mass is 163 g/mol. The molecule has 1 rings (SSSR count). The lowest BCUT2D eigenvalue weighted by molar-refractivity contribution is 0.581. The maximum Gasteiger partial charge on any atom is 0.0410 e. The van der Waals surface area contributed by atoms with Crippen LogP contribution in [0.25, 0.3) is 0 Å². The molecule has 1 aromatic heterocycles. The molecule has 1 aromatic rings. The summed E-state index contributed by atoms with van der Waals surface area (Å²) in [6, 6.07) is 2.22. The Balaban J connectivity index is 3.23. The fourth-order valence-corrected chi connectivity index (χ4v) is 1.40. The molecule has 0 atom stereocenters. The molecule has 1 heterocycles. The summed E-state index contributed by atoms with van der Waals surface area (Å²) in [5, 5.41) is 0. The minimum atomic E-state index is 0.211. The van der Waals surface area contributed by atoms with Crippen LogP contribution in [0.4, 0.5) is 0 Å². The van der Waals surface area contributed by atoms with Gasteiger partial charge in [-0.05, 0) is 30.4 Å². The molecular formula is C11H17N. The van der Waals surface area contributed by atoms with Crippen LogP contribution in [0.3, 0.4) is 0 Å². The van der Waals surface area contributed by atoms with E-state index in [0.717, 1.165) is 5.69 Å². The first-order valence-corrected chi connectivity index (χ1v) is 4.35. The highest BCUT2D eigenvalue weighted by Gasteiger charge is 2.16. The fourth-order valence-electron chi connectivity index (χ4n) is 1.40. The molecule has 12 heavy (non-hydrogen) atoms. The third-order valence-corrected chi connectivity index (χ3v) is 2.03. The van der Waals surface area contributed by atoms with Crippen molar-refractivity contribution in [3.63, 3.8) is 0 Å². The Bertz CT molecular complexity index is 282. The van der Waals surface area contributed by atoms with Crippen molar-refractivity contribution in [2.75, 3.05) is 0 Å². The SMILES string of the molecule is Cc1cnc(C)c(C(C)(C)C)c1. The number of pyridine rings is 1. The van der Waals surface area contributed by atoms with Crippen LogP contribution in [-0.2, 0) is 5.41 Å². The largest absolute Gasteiger partial charge is 0.261 e. The van der Waals surface area contributed by atoms with Crippen LogP contribution in [0.15, 0.2) is 12.3 Å². The van der Waals surface area contributed by atoms with E-state index in [-0.39, 0.29) is 5.41 Å². The molecule has 0 aliphatic rings. The van der Waals surface area contributed by atoms with Gasteiger partial charge in [-0.2, -0.15) is 0 Å². The third kappa shape index (κ3) is 1.84. The zero-order chi connectivity index (χ0) is 9.35. The Hall–Kier alpha value is -0.850. The molecule has 0 aromatic carbocycles. The highest BCUT2D eigenvalue weighted by molar-refractivity contribution is 5.29. The van der Waals surface area contributed by atoms with Crippen LogP contribution in [0.1, 0.15) is 37.6 Å². The quantitative estimate of drug-likeness (QED) is 0.573. The molecule has 0 bridgehead atoms. The van der Waals surface area contributed by atoms with Gasteiger partial charge in [0.15, 0.2) is 0 Å². The maximum absolute atomic E-state index is 4.35. The van der Waals surface area contributed by atoms with Gasteiger partial charge in [0.25, 0.3) is 0 Å². The summed E-state index contributed by atoms with van der Waals surface area (Å²) >= 11 is 0. The van der Waals surface area contributed by atoms with E-state index >= 15 is 0 Å². The van der Waals surface area contributed by atoms with Gasteiger partial charge in [0.1, 0.15) is 0 Å². The van der Waals surface area contributed by atoms with Crippen molar-refractivity contribution in [3.05, 3.63) is 29.1 Å². The van der Waals surface area contributed by atoms with E-state index in [1.807, 2.05) is 6.20 Å². The Kier molecular flexibility index (Phi) is 2.22. The number of aryl methyl sites for hydroxylation is 2. The Labute approximate surface area is 74.8 Å². The van der Waals surface area contributed by atoms with E-state index < -0.39 is 0 Å². The summed E-state index contributed by atoms with van der Waals surface area (Å²) in [6.07, 6.45) is 1.92. The molecule has 0 fully saturated rings. The second-order valence-corrected chi connectivity index (χ2v) is 4.40. The number of aromatic nitrogens is 1. The van der Waals surface area contributed by atoms with Crippen molar-refractivity contribution in [1.82, 2.24) is 4.98 Å². The van der Waals surface area contributed by atoms with Gasteiger partial charge in [-0.3, -0.25) is 4.98 Å². The van der Waals surface area contributed by atoms with Crippen molar-refractivity contribution < 1.29 is 0 Å². The summed E-state index contributed by atoms with van der Waals surface area (Å²) in [4.78, 5) is 4.35. The molecule has 1 heteroatoms. The van der Waals surface area contributed by atoms with Gasteiger partial charge in [0.2, 0.25) is 0 Å². The van der Waals surface area contributed by atoms with E-state index in [0.29, 0.717) is 0 Å².